The summed E-state index contributed by atoms with van der Waals surface area (Å²) in [5, 5.41) is 0. The van der Waals surface area contributed by atoms with E-state index in [4.69, 9.17) is 0 Å². The minimum absolute atomic E-state index is 1.14. The van der Waals surface area contributed by atoms with E-state index in [0.717, 1.165) is 17.8 Å². The van der Waals surface area contributed by atoms with E-state index < -0.39 is 0 Å². The molecule has 0 amide bonds. The first-order valence-corrected chi connectivity index (χ1v) is 8.13. The highest BCUT2D eigenvalue weighted by Crippen LogP contribution is 2.78. The molecule has 2 bridgehead atoms. The fourth-order valence-electron chi connectivity index (χ4n) is 6.85. The van der Waals surface area contributed by atoms with Crippen molar-refractivity contribution in [2.75, 3.05) is 0 Å². The third kappa shape index (κ3) is 0.891. The van der Waals surface area contributed by atoms with Gasteiger partial charge in [0.05, 0.1) is 0 Å². The van der Waals surface area contributed by atoms with Crippen LogP contribution in [0, 0.1) is 41.4 Å². The van der Waals surface area contributed by atoms with Gasteiger partial charge < -0.3 is 0 Å². The molecule has 0 nitrogen and oxygen atoms in total. The van der Waals surface area contributed by atoms with Crippen LogP contribution in [0.3, 0.4) is 0 Å². The van der Waals surface area contributed by atoms with Gasteiger partial charge in [-0.1, -0.05) is 30.9 Å². The Balaban J connectivity index is 1.43. The molecule has 0 saturated heterocycles. The van der Waals surface area contributed by atoms with Gasteiger partial charge in [-0.15, -0.1) is 0 Å². The van der Waals surface area contributed by atoms with Gasteiger partial charge in [-0.25, -0.2) is 0 Å². The van der Waals surface area contributed by atoms with Crippen molar-refractivity contribution in [3.63, 3.8) is 0 Å². The smallest absolute Gasteiger partial charge is 0.00976 e. The van der Waals surface area contributed by atoms with Crippen molar-refractivity contribution in [1.82, 2.24) is 0 Å². The van der Waals surface area contributed by atoms with Crippen molar-refractivity contribution in [3.05, 3.63) is 11.1 Å². The summed E-state index contributed by atoms with van der Waals surface area (Å²) in [5.41, 5.74) is 3.94. The molecule has 92 valence electrons. The Hall–Kier alpha value is -0.260. The molecule has 0 aromatic heterocycles. The molecule has 0 heterocycles. The zero-order valence-corrected chi connectivity index (χ0v) is 11.0. The van der Waals surface area contributed by atoms with Crippen LogP contribution in [0.25, 0.3) is 0 Å². The Morgan fingerprint density at radius 1 is 0.941 bits per heavy atom. The average Bonchev–Trinajstić information content (AvgIpc) is 2.80. The minimum atomic E-state index is 1.14. The fraction of sp³-hybridized carbons (Fsp3) is 0.882. The molecule has 5 aliphatic carbocycles. The summed E-state index contributed by atoms with van der Waals surface area (Å²) in [6, 6.07) is 0. The molecule has 17 heavy (non-hydrogen) atoms. The molecule has 3 saturated carbocycles. The first-order valence-electron chi connectivity index (χ1n) is 8.13. The Morgan fingerprint density at radius 2 is 1.53 bits per heavy atom. The third-order valence-electron chi connectivity index (χ3n) is 7.35. The van der Waals surface area contributed by atoms with Gasteiger partial charge in [0, 0.05) is 0 Å². The van der Waals surface area contributed by atoms with Crippen LogP contribution in [0.4, 0.5) is 0 Å². The lowest BCUT2D eigenvalue weighted by Gasteiger charge is -2.66. The molecule has 0 aromatic carbocycles. The van der Waals surface area contributed by atoms with Gasteiger partial charge in [-0.05, 0) is 73.5 Å². The second-order valence-electron chi connectivity index (χ2n) is 7.47. The summed E-state index contributed by atoms with van der Waals surface area (Å²) in [6.07, 6.45) is 10.7. The maximum atomic E-state index is 2.36. The molecule has 5 aliphatic rings. The lowest BCUT2D eigenvalue weighted by atomic mass is 9.38. The van der Waals surface area contributed by atoms with Gasteiger partial charge in [-0.3, -0.25) is 0 Å². The van der Waals surface area contributed by atoms with Crippen molar-refractivity contribution >= 4 is 0 Å². The first-order chi connectivity index (χ1) is 8.42. The van der Waals surface area contributed by atoms with E-state index in [1.54, 1.807) is 19.3 Å². The Labute approximate surface area is 105 Å². The summed E-state index contributed by atoms with van der Waals surface area (Å²) in [5.74, 6) is 8.18. The lowest BCUT2D eigenvalue weighted by Crippen LogP contribution is -2.59. The number of hydrogen-bond acceptors (Lipinski definition) is 0. The Kier molecular flexibility index (Phi) is 1.70. The van der Waals surface area contributed by atoms with E-state index in [0.29, 0.717) is 0 Å². The third-order valence-corrected chi connectivity index (χ3v) is 7.35. The highest BCUT2D eigenvalue weighted by Gasteiger charge is 2.71. The van der Waals surface area contributed by atoms with Gasteiger partial charge in [0.15, 0.2) is 0 Å². The second-order valence-corrected chi connectivity index (χ2v) is 7.47. The quantitative estimate of drug-likeness (QED) is 0.627. The molecule has 0 aliphatic heterocycles. The van der Waals surface area contributed by atoms with Gasteiger partial charge in [-0.2, -0.15) is 0 Å². The van der Waals surface area contributed by atoms with E-state index in [-0.39, 0.29) is 0 Å². The van der Waals surface area contributed by atoms with E-state index in [9.17, 15) is 0 Å². The maximum absolute atomic E-state index is 2.36. The molecule has 0 heteroatoms. The minimum Gasteiger partial charge on any atom is -0.0664 e. The summed E-state index contributed by atoms with van der Waals surface area (Å²) >= 11 is 0. The van der Waals surface area contributed by atoms with Crippen LogP contribution in [-0.4, -0.2) is 0 Å². The zero-order valence-electron chi connectivity index (χ0n) is 11.0. The van der Waals surface area contributed by atoms with E-state index >= 15 is 0 Å². The van der Waals surface area contributed by atoms with Crippen LogP contribution in [0.2, 0.25) is 0 Å². The molecule has 0 N–H and O–H groups in total. The Morgan fingerprint density at radius 3 is 2.00 bits per heavy atom. The summed E-state index contributed by atoms with van der Waals surface area (Å²) < 4.78 is 0. The van der Waals surface area contributed by atoms with Crippen LogP contribution in [0.1, 0.15) is 51.9 Å². The SMILES string of the molecule is CCCCC1C2CCC1C1C3C4=C(CC4)C3C21. The van der Waals surface area contributed by atoms with Crippen LogP contribution in [0.15, 0.2) is 11.1 Å². The van der Waals surface area contributed by atoms with Gasteiger partial charge in [0.2, 0.25) is 0 Å². The first kappa shape index (κ1) is 9.64. The summed E-state index contributed by atoms with van der Waals surface area (Å²) in [7, 11) is 0. The largest absolute Gasteiger partial charge is 0.0664 e. The number of rotatable bonds is 3. The van der Waals surface area contributed by atoms with Crippen LogP contribution in [-0.2, 0) is 0 Å². The molecule has 5 rings (SSSR count). The predicted octanol–water partition coefficient (Wildman–Crippen LogP) is 4.42. The van der Waals surface area contributed by atoms with Crippen LogP contribution < -0.4 is 0 Å². The summed E-state index contributed by atoms with van der Waals surface area (Å²) in [6.45, 7) is 2.36. The highest BCUT2D eigenvalue weighted by atomic mass is 14.8. The maximum Gasteiger partial charge on any atom is -0.00976 e. The predicted molar refractivity (Wildman–Crippen MR) is 69.4 cm³/mol. The lowest BCUT2D eigenvalue weighted by molar-refractivity contribution is -0.0602. The zero-order chi connectivity index (χ0) is 11.1. The van der Waals surface area contributed by atoms with Crippen molar-refractivity contribution in [3.8, 4) is 0 Å². The molecule has 0 aromatic rings. The van der Waals surface area contributed by atoms with E-state index in [2.05, 4.69) is 6.92 Å². The molecular formula is C17H24. The normalized spacial score (nSPS) is 56.6. The highest BCUT2D eigenvalue weighted by molar-refractivity contribution is 5.47. The average molecular weight is 228 g/mol. The van der Waals surface area contributed by atoms with Crippen molar-refractivity contribution in [1.29, 1.82) is 0 Å². The van der Waals surface area contributed by atoms with Crippen LogP contribution in [0.5, 0.6) is 0 Å². The van der Waals surface area contributed by atoms with E-state index in [1.807, 2.05) is 11.1 Å². The fourth-order valence-corrected chi connectivity index (χ4v) is 6.85. The van der Waals surface area contributed by atoms with Gasteiger partial charge >= 0.3 is 0 Å². The topological polar surface area (TPSA) is 0 Å². The number of fused-ring (bicyclic) bond motifs is 10. The van der Waals surface area contributed by atoms with Crippen LogP contribution >= 0.6 is 0 Å². The molecule has 6 atom stereocenters. The van der Waals surface area contributed by atoms with Gasteiger partial charge in [0.25, 0.3) is 0 Å². The molecule has 6 unspecified atom stereocenters. The monoisotopic (exact) mass is 228 g/mol. The molecule has 0 radical (unpaired) electrons. The Bertz CT molecular complexity index is 370. The van der Waals surface area contributed by atoms with Crippen molar-refractivity contribution in [2.24, 2.45) is 41.4 Å². The standard InChI is InChI=1S/C17H24/c1-2-3-4-9-10-5-6-11(9)15-14(10)16-12-7-8-13(12)17(15)16/h9-11,14-17H,2-8H2,1H3. The van der Waals surface area contributed by atoms with Crippen molar-refractivity contribution in [2.45, 2.75) is 51.9 Å². The van der Waals surface area contributed by atoms with Gasteiger partial charge in [0.1, 0.15) is 0 Å². The van der Waals surface area contributed by atoms with Crippen molar-refractivity contribution < 1.29 is 0 Å². The number of allylic oxidation sites excluding steroid dienone is 2. The molecular weight excluding hydrogens is 204 g/mol. The number of unbranched alkanes of at least 4 members (excludes halogenated alkanes) is 1. The van der Waals surface area contributed by atoms with E-state index in [1.165, 1.54) is 49.4 Å². The molecule has 3 fully saturated rings. The number of hydrogen-bond donors (Lipinski definition) is 0. The second kappa shape index (κ2) is 3.00. The molecule has 0 spiro atoms. The summed E-state index contributed by atoms with van der Waals surface area (Å²) in [4.78, 5) is 0.